The van der Waals surface area contributed by atoms with Gasteiger partial charge in [-0.1, -0.05) is 0 Å². The first-order valence-corrected chi connectivity index (χ1v) is 7.58. The number of ketones is 1. The zero-order valence-electron chi connectivity index (χ0n) is 12.2. The lowest BCUT2D eigenvalue weighted by Crippen LogP contribution is -2.30. The molecule has 2 atom stereocenters. The maximum Gasteiger partial charge on any atom is 0.166 e. The summed E-state index contributed by atoms with van der Waals surface area (Å²) < 4.78 is 11.4. The Kier molecular flexibility index (Phi) is 3.79. The van der Waals surface area contributed by atoms with Crippen molar-refractivity contribution >= 4 is 5.78 Å². The molecule has 2 unspecified atom stereocenters. The van der Waals surface area contributed by atoms with E-state index in [1.165, 1.54) is 0 Å². The molecule has 2 aliphatic heterocycles. The third kappa shape index (κ3) is 2.88. The Morgan fingerprint density at radius 1 is 1.15 bits per heavy atom. The van der Waals surface area contributed by atoms with Crippen LogP contribution < -0.4 is 4.74 Å². The van der Waals surface area contributed by atoms with Crippen LogP contribution in [0.5, 0.6) is 5.75 Å². The molecule has 108 valence electrons. The van der Waals surface area contributed by atoms with Crippen LogP contribution in [0.15, 0.2) is 24.3 Å². The SMILES string of the molecule is CC(C)Oc1ccc(C(=O)C2CC3CCC(C2)O3)cc1. The van der Waals surface area contributed by atoms with Gasteiger partial charge in [0.15, 0.2) is 5.78 Å². The van der Waals surface area contributed by atoms with Crippen LogP contribution >= 0.6 is 0 Å². The lowest BCUT2D eigenvalue weighted by atomic mass is 9.88. The van der Waals surface area contributed by atoms with Gasteiger partial charge in [-0.15, -0.1) is 0 Å². The van der Waals surface area contributed by atoms with Crippen LogP contribution in [0.2, 0.25) is 0 Å². The molecule has 2 saturated heterocycles. The van der Waals surface area contributed by atoms with Crippen molar-refractivity contribution in [2.24, 2.45) is 5.92 Å². The minimum Gasteiger partial charge on any atom is -0.491 e. The van der Waals surface area contributed by atoms with Crippen LogP contribution in [0.25, 0.3) is 0 Å². The second kappa shape index (κ2) is 5.57. The Hall–Kier alpha value is -1.35. The van der Waals surface area contributed by atoms with E-state index >= 15 is 0 Å². The van der Waals surface area contributed by atoms with Gasteiger partial charge in [0, 0.05) is 11.5 Å². The topological polar surface area (TPSA) is 35.5 Å². The number of rotatable bonds is 4. The molecule has 1 aromatic carbocycles. The van der Waals surface area contributed by atoms with Crippen LogP contribution in [0, 0.1) is 5.92 Å². The molecule has 0 saturated carbocycles. The first kappa shape index (κ1) is 13.6. The second-order valence-corrected chi connectivity index (χ2v) is 6.18. The zero-order valence-corrected chi connectivity index (χ0v) is 12.2. The van der Waals surface area contributed by atoms with Gasteiger partial charge in [0.05, 0.1) is 18.3 Å². The van der Waals surface area contributed by atoms with Gasteiger partial charge < -0.3 is 9.47 Å². The minimum atomic E-state index is 0.137. The summed E-state index contributed by atoms with van der Waals surface area (Å²) in [5, 5.41) is 0. The lowest BCUT2D eigenvalue weighted by Gasteiger charge is -2.27. The molecular formula is C17H22O3. The van der Waals surface area contributed by atoms with Gasteiger partial charge in [-0.2, -0.15) is 0 Å². The van der Waals surface area contributed by atoms with Gasteiger partial charge in [-0.25, -0.2) is 0 Å². The standard InChI is InChI=1S/C17H22O3/c1-11(2)19-14-5-3-12(4-6-14)17(18)13-9-15-7-8-16(10-13)20-15/h3-6,11,13,15-16H,7-10H2,1-2H3. The van der Waals surface area contributed by atoms with E-state index in [0.29, 0.717) is 12.2 Å². The number of ether oxygens (including phenoxy) is 2. The molecule has 0 spiro atoms. The minimum absolute atomic E-state index is 0.137. The molecule has 0 amide bonds. The summed E-state index contributed by atoms with van der Waals surface area (Å²) in [6, 6.07) is 7.55. The summed E-state index contributed by atoms with van der Waals surface area (Å²) in [6.45, 7) is 3.99. The number of carbonyl (C=O) groups is 1. The number of hydrogen-bond acceptors (Lipinski definition) is 3. The van der Waals surface area contributed by atoms with E-state index in [9.17, 15) is 4.79 Å². The summed E-state index contributed by atoms with van der Waals surface area (Å²) in [7, 11) is 0. The smallest absolute Gasteiger partial charge is 0.166 e. The fourth-order valence-corrected chi connectivity index (χ4v) is 3.28. The largest absolute Gasteiger partial charge is 0.491 e. The van der Waals surface area contributed by atoms with Crippen molar-refractivity contribution in [3.8, 4) is 5.75 Å². The monoisotopic (exact) mass is 274 g/mol. The Morgan fingerprint density at radius 2 is 1.75 bits per heavy atom. The van der Waals surface area contributed by atoms with E-state index in [4.69, 9.17) is 9.47 Å². The molecule has 2 fully saturated rings. The third-order valence-electron chi connectivity index (χ3n) is 4.17. The van der Waals surface area contributed by atoms with Gasteiger partial charge >= 0.3 is 0 Å². The molecule has 20 heavy (non-hydrogen) atoms. The zero-order chi connectivity index (χ0) is 14.1. The Labute approximate surface area is 120 Å². The summed E-state index contributed by atoms with van der Waals surface area (Å²) in [5.74, 6) is 1.23. The second-order valence-electron chi connectivity index (χ2n) is 6.18. The normalized spacial score (nSPS) is 28.6. The summed E-state index contributed by atoms with van der Waals surface area (Å²) in [4.78, 5) is 12.6. The highest BCUT2D eigenvalue weighted by atomic mass is 16.5. The average Bonchev–Trinajstić information content (AvgIpc) is 2.77. The molecule has 3 heteroatoms. The number of carbonyl (C=O) groups excluding carboxylic acids is 1. The summed E-state index contributed by atoms with van der Waals surface area (Å²) in [5.41, 5.74) is 0.799. The highest BCUT2D eigenvalue weighted by Gasteiger charge is 2.38. The number of fused-ring (bicyclic) bond motifs is 2. The molecule has 1 aromatic rings. The van der Waals surface area contributed by atoms with E-state index in [1.54, 1.807) is 0 Å². The molecule has 2 heterocycles. The molecule has 0 radical (unpaired) electrons. The van der Waals surface area contributed by atoms with Crippen LogP contribution in [-0.4, -0.2) is 24.1 Å². The third-order valence-corrected chi connectivity index (χ3v) is 4.17. The van der Waals surface area contributed by atoms with E-state index in [2.05, 4.69) is 0 Å². The lowest BCUT2D eigenvalue weighted by molar-refractivity contribution is -0.0149. The average molecular weight is 274 g/mol. The molecule has 0 aromatic heterocycles. The van der Waals surface area contributed by atoms with E-state index in [0.717, 1.165) is 37.0 Å². The molecule has 0 N–H and O–H groups in total. The Bertz CT molecular complexity index is 466. The van der Waals surface area contributed by atoms with Gasteiger partial charge in [0.1, 0.15) is 5.75 Å². The molecule has 0 aliphatic carbocycles. The fourth-order valence-electron chi connectivity index (χ4n) is 3.28. The molecule has 2 aliphatic rings. The summed E-state index contributed by atoms with van der Waals surface area (Å²) >= 11 is 0. The van der Waals surface area contributed by atoms with Crippen molar-refractivity contribution in [1.82, 2.24) is 0 Å². The number of hydrogen-bond donors (Lipinski definition) is 0. The maximum absolute atomic E-state index is 12.6. The van der Waals surface area contributed by atoms with Crippen molar-refractivity contribution in [3.63, 3.8) is 0 Å². The fraction of sp³-hybridized carbons (Fsp3) is 0.588. The maximum atomic E-state index is 12.6. The van der Waals surface area contributed by atoms with Gasteiger partial charge in [0.25, 0.3) is 0 Å². The van der Waals surface area contributed by atoms with E-state index in [1.807, 2.05) is 38.1 Å². The van der Waals surface area contributed by atoms with Crippen LogP contribution in [-0.2, 0) is 4.74 Å². The Morgan fingerprint density at radius 3 is 2.30 bits per heavy atom. The highest BCUT2D eigenvalue weighted by molar-refractivity contribution is 5.98. The van der Waals surface area contributed by atoms with Gasteiger partial charge in [-0.3, -0.25) is 4.79 Å². The first-order valence-electron chi connectivity index (χ1n) is 7.58. The van der Waals surface area contributed by atoms with Crippen LogP contribution in [0.4, 0.5) is 0 Å². The van der Waals surface area contributed by atoms with Crippen molar-refractivity contribution in [3.05, 3.63) is 29.8 Å². The number of benzene rings is 1. The quantitative estimate of drug-likeness (QED) is 0.787. The predicted octanol–water partition coefficient (Wildman–Crippen LogP) is 3.61. The van der Waals surface area contributed by atoms with E-state index in [-0.39, 0.29) is 17.8 Å². The van der Waals surface area contributed by atoms with Crippen molar-refractivity contribution in [1.29, 1.82) is 0 Å². The highest BCUT2D eigenvalue weighted by Crippen LogP contribution is 2.37. The van der Waals surface area contributed by atoms with E-state index < -0.39 is 0 Å². The molecular weight excluding hydrogens is 252 g/mol. The predicted molar refractivity (Wildman–Crippen MR) is 77.2 cm³/mol. The van der Waals surface area contributed by atoms with Crippen molar-refractivity contribution in [2.75, 3.05) is 0 Å². The van der Waals surface area contributed by atoms with Gasteiger partial charge in [-0.05, 0) is 63.8 Å². The molecule has 3 rings (SSSR count). The van der Waals surface area contributed by atoms with Crippen LogP contribution in [0.1, 0.15) is 49.9 Å². The van der Waals surface area contributed by atoms with Crippen molar-refractivity contribution < 1.29 is 14.3 Å². The van der Waals surface area contributed by atoms with Crippen molar-refractivity contribution in [2.45, 2.75) is 57.8 Å². The molecule has 3 nitrogen and oxygen atoms in total. The molecule has 2 bridgehead atoms. The first-order chi connectivity index (χ1) is 9.61. The van der Waals surface area contributed by atoms with Gasteiger partial charge in [0.2, 0.25) is 0 Å². The van der Waals surface area contributed by atoms with Crippen LogP contribution in [0.3, 0.4) is 0 Å². The summed E-state index contributed by atoms with van der Waals surface area (Å²) in [6.07, 6.45) is 4.80. The Balaban J connectivity index is 1.67. The number of Topliss-reactive ketones (excluding diaryl/α,β-unsaturated/α-hetero) is 1.